The number of nitrogens with one attached hydrogen (secondary N) is 1. The van der Waals surface area contributed by atoms with E-state index in [0.717, 1.165) is 21.6 Å². The number of carbonyl (C=O) groups excluding carboxylic acids is 3. The van der Waals surface area contributed by atoms with Crippen LogP contribution in [0.2, 0.25) is 0 Å². The van der Waals surface area contributed by atoms with Crippen molar-refractivity contribution >= 4 is 29.1 Å². The second-order valence-electron chi connectivity index (χ2n) is 7.39. The zero-order valence-electron chi connectivity index (χ0n) is 16.4. The Kier molecular flexibility index (Phi) is 4.62. The number of hydrogen-bond donors (Lipinski definition) is 1. The second-order valence-corrected chi connectivity index (χ2v) is 7.39. The summed E-state index contributed by atoms with van der Waals surface area (Å²) in [5.41, 5.74) is 4.38. The van der Waals surface area contributed by atoms with E-state index in [1.807, 2.05) is 51.1 Å². The molecule has 2 heterocycles. The molecule has 4 rings (SSSR count). The topological polar surface area (TPSA) is 94.4 Å². The molecule has 2 aliphatic rings. The van der Waals surface area contributed by atoms with Crippen LogP contribution < -0.4 is 10.2 Å². The Balaban J connectivity index is 1.48. The maximum atomic E-state index is 12.9. The summed E-state index contributed by atoms with van der Waals surface area (Å²) in [4.78, 5) is 39.2. The number of aryl methyl sites for hydroxylation is 3. The minimum absolute atomic E-state index is 0.168. The quantitative estimate of drug-likeness (QED) is 0.811. The van der Waals surface area contributed by atoms with Crippen molar-refractivity contribution in [2.75, 3.05) is 16.8 Å². The average molecular weight is 391 g/mol. The number of fused-ring (bicyclic) bond motifs is 1. The highest BCUT2D eigenvalue weighted by molar-refractivity contribution is 6.25. The van der Waals surface area contributed by atoms with Gasteiger partial charge in [-0.2, -0.15) is 5.11 Å². The molecule has 0 bridgehead atoms. The van der Waals surface area contributed by atoms with Crippen LogP contribution in [-0.4, -0.2) is 41.4 Å². The third kappa shape index (κ3) is 3.37. The summed E-state index contributed by atoms with van der Waals surface area (Å²) in [6.07, 6.45) is 0. The van der Waals surface area contributed by atoms with Gasteiger partial charge in [-0.05, 0) is 56.2 Å². The minimum Gasteiger partial charge on any atom is -0.324 e. The fraction of sp³-hybridized carbons (Fsp3) is 0.286. The molecule has 2 aliphatic heterocycles. The molecule has 1 fully saturated rings. The lowest BCUT2D eigenvalue weighted by Gasteiger charge is -2.20. The van der Waals surface area contributed by atoms with Crippen molar-refractivity contribution in [2.45, 2.75) is 32.9 Å². The van der Waals surface area contributed by atoms with Gasteiger partial charge in [-0.1, -0.05) is 29.0 Å². The molecule has 2 aromatic carbocycles. The molecule has 0 unspecified atom stereocenters. The molecular weight excluding hydrogens is 370 g/mol. The van der Waals surface area contributed by atoms with Crippen molar-refractivity contribution in [2.24, 2.45) is 10.3 Å². The van der Waals surface area contributed by atoms with E-state index >= 15 is 0 Å². The Bertz CT molecular complexity index is 1030. The number of hydrogen-bond acceptors (Lipinski definition) is 6. The molecule has 1 N–H and O–H groups in total. The van der Waals surface area contributed by atoms with Crippen LogP contribution >= 0.6 is 0 Å². The van der Waals surface area contributed by atoms with E-state index in [-0.39, 0.29) is 12.5 Å². The highest BCUT2D eigenvalue weighted by Gasteiger charge is 2.55. The van der Waals surface area contributed by atoms with E-state index in [9.17, 15) is 14.4 Å². The Morgan fingerprint density at radius 1 is 1.00 bits per heavy atom. The first-order valence-electron chi connectivity index (χ1n) is 9.34. The fourth-order valence-corrected chi connectivity index (χ4v) is 3.47. The van der Waals surface area contributed by atoms with Gasteiger partial charge in [0.25, 0.3) is 11.8 Å². The monoisotopic (exact) mass is 391 g/mol. The standard InChI is InChI=1S/C21H21N5O3/c1-12-4-8-16(9-5-12)26-20(28)18-19(21(26)29)25(24-23-18)11-17(27)22-15-7-6-13(2)14(3)10-15/h4-10,18-19H,11H2,1-3H3,(H,22,27)/t18-,19+/m0/s1. The van der Waals surface area contributed by atoms with Crippen LogP contribution in [0, 0.1) is 20.8 Å². The molecule has 2 atom stereocenters. The molecule has 0 spiro atoms. The van der Waals surface area contributed by atoms with Gasteiger partial charge < -0.3 is 5.32 Å². The van der Waals surface area contributed by atoms with Crippen LogP contribution in [0.25, 0.3) is 0 Å². The summed E-state index contributed by atoms with van der Waals surface area (Å²) < 4.78 is 0. The summed E-state index contributed by atoms with van der Waals surface area (Å²) in [7, 11) is 0. The van der Waals surface area contributed by atoms with E-state index in [2.05, 4.69) is 15.7 Å². The molecular formula is C21H21N5O3. The summed E-state index contributed by atoms with van der Waals surface area (Å²) in [6.45, 7) is 5.72. The van der Waals surface area contributed by atoms with Crippen molar-refractivity contribution in [3.05, 3.63) is 59.2 Å². The van der Waals surface area contributed by atoms with Gasteiger partial charge in [0.05, 0.1) is 5.69 Å². The summed E-state index contributed by atoms with van der Waals surface area (Å²) in [5, 5.41) is 11.9. The van der Waals surface area contributed by atoms with Crippen molar-refractivity contribution in [1.82, 2.24) is 5.01 Å². The van der Waals surface area contributed by atoms with Gasteiger partial charge in [-0.15, -0.1) is 0 Å². The van der Waals surface area contributed by atoms with Crippen LogP contribution in [0.1, 0.15) is 16.7 Å². The van der Waals surface area contributed by atoms with Crippen molar-refractivity contribution in [3.63, 3.8) is 0 Å². The lowest BCUT2D eigenvalue weighted by Crippen LogP contribution is -2.43. The van der Waals surface area contributed by atoms with E-state index in [1.54, 1.807) is 12.1 Å². The van der Waals surface area contributed by atoms with Crippen molar-refractivity contribution in [3.8, 4) is 0 Å². The predicted octanol–water partition coefficient (Wildman–Crippen LogP) is 2.54. The van der Waals surface area contributed by atoms with Crippen LogP contribution in [0.3, 0.4) is 0 Å². The number of anilines is 2. The number of nitrogens with zero attached hydrogens (tertiary/aromatic N) is 4. The summed E-state index contributed by atoms with van der Waals surface area (Å²) in [6, 6.07) is 10.9. The van der Waals surface area contributed by atoms with Crippen molar-refractivity contribution in [1.29, 1.82) is 0 Å². The molecule has 0 aromatic heterocycles. The maximum Gasteiger partial charge on any atom is 0.263 e. The van der Waals surface area contributed by atoms with Gasteiger partial charge in [0.2, 0.25) is 5.91 Å². The summed E-state index contributed by atoms with van der Waals surface area (Å²) >= 11 is 0. The maximum absolute atomic E-state index is 12.9. The van der Waals surface area contributed by atoms with E-state index in [0.29, 0.717) is 11.4 Å². The first-order valence-corrected chi connectivity index (χ1v) is 9.34. The SMILES string of the molecule is Cc1ccc(N2C(=O)[C@H]3N=NN(CC(=O)Nc4ccc(C)c(C)c4)[C@H]3C2=O)cc1. The highest BCUT2D eigenvalue weighted by Crippen LogP contribution is 2.31. The molecule has 0 radical (unpaired) electrons. The lowest BCUT2D eigenvalue weighted by molar-refractivity contribution is -0.123. The van der Waals surface area contributed by atoms with Gasteiger partial charge in [-0.3, -0.25) is 19.4 Å². The van der Waals surface area contributed by atoms with Crippen LogP contribution in [0.4, 0.5) is 11.4 Å². The normalized spacial score (nSPS) is 20.4. The highest BCUT2D eigenvalue weighted by atomic mass is 16.2. The van der Waals surface area contributed by atoms with Crippen LogP contribution in [0.5, 0.6) is 0 Å². The van der Waals surface area contributed by atoms with Gasteiger partial charge >= 0.3 is 0 Å². The zero-order chi connectivity index (χ0) is 20.7. The molecule has 3 amide bonds. The number of amides is 3. The smallest absolute Gasteiger partial charge is 0.263 e. The van der Waals surface area contributed by atoms with Crippen molar-refractivity contribution < 1.29 is 14.4 Å². The van der Waals surface area contributed by atoms with E-state index < -0.39 is 23.9 Å². The van der Waals surface area contributed by atoms with E-state index in [1.165, 1.54) is 5.01 Å². The van der Waals surface area contributed by atoms with Gasteiger partial charge in [0.1, 0.15) is 6.54 Å². The number of benzene rings is 2. The molecule has 1 saturated heterocycles. The molecule has 8 nitrogen and oxygen atoms in total. The molecule has 0 saturated carbocycles. The number of imide groups is 1. The lowest BCUT2D eigenvalue weighted by atomic mass is 10.1. The van der Waals surface area contributed by atoms with E-state index in [4.69, 9.17) is 0 Å². The average Bonchev–Trinajstić information content (AvgIpc) is 3.19. The molecule has 0 aliphatic carbocycles. The Morgan fingerprint density at radius 3 is 2.41 bits per heavy atom. The van der Waals surface area contributed by atoms with Gasteiger partial charge in [0.15, 0.2) is 12.1 Å². The number of rotatable bonds is 4. The van der Waals surface area contributed by atoms with Gasteiger partial charge in [0, 0.05) is 5.69 Å². The summed E-state index contributed by atoms with van der Waals surface area (Å²) in [5.74, 6) is -1.18. The Labute approximate surface area is 168 Å². The number of carbonyl (C=O) groups is 3. The van der Waals surface area contributed by atoms with Gasteiger partial charge in [-0.25, -0.2) is 4.90 Å². The molecule has 8 heteroatoms. The third-order valence-electron chi connectivity index (χ3n) is 5.25. The second kappa shape index (κ2) is 7.12. The minimum atomic E-state index is -0.918. The predicted molar refractivity (Wildman–Crippen MR) is 107 cm³/mol. The fourth-order valence-electron chi connectivity index (χ4n) is 3.47. The zero-order valence-corrected chi connectivity index (χ0v) is 16.4. The Hall–Kier alpha value is -3.55. The first-order chi connectivity index (χ1) is 13.8. The molecule has 148 valence electrons. The third-order valence-corrected chi connectivity index (χ3v) is 5.25. The molecule has 29 heavy (non-hydrogen) atoms. The molecule has 2 aromatic rings. The van der Waals surface area contributed by atoms with Crippen LogP contribution in [-0.2, 0) is 14.4 Å². The Morgan fingerprint density at radius 2 is 1.72 bits per heavy atom. The van der Waals surface area contributed by atoms with Crippen LogP contribution in [0.15, 0.2) is 52.8 Å². The largest absolute Gasteiger partial charge is 0.324 e. The first kappa shape index (κ1) is 18.8.